The number of aliphatic hydroxyl groups is 2. The van der Waals surface area contributed by atoms with Crippen LogP contribution < -0.4 is 0 Å². The van der Waals surface area contributed by atoms with Crippen molar-refractivity contribution < 1.29 is 23.6 Å². The summed E-state index contributed by atoms with van der Waals surface area (Å²) in [5.41, 5.74) is 3.63. The first kappa shape index (κ1) is 19.5. The summed E-state index contributed by atoms with van der Waals surface area (Å²) < 4.78 is 23.1. The molecule has 6 nitrogen and oxygen atoms in total. The molecule has 0 saturated carbocycles. The Morgan fingerprint density at radius 3 is 2.29 bits per heavy atom. The highest BCUT2D eigenvalue weighted by molar-refractivity contribution is 5.64. The second-order valence-electron chi connectivity index (χ2n) is 5.92. The lowest BCUT2D eigenvalue weighted by Gasteiger charge is -2.00. The molecule has 4 aromatic rings. The molecule has 28 heavy (non-hydrogen) atoms. The number of hydrogen-bond acceptors (Lipinski definition) is 6. The van der Waals surface area contributed by atoms with Crippen molar-refractivity contribution in [3.8, 4) is 22.5 Å². The van der Waals surface area contributed by atoms with Gasteiger partial charge in [-0.2, -0.15) is 0 Å². The van der Waals surface area contributed by atoms with E-state index in [1.807, 2.05) is 30.3 Å². The standard InChI is InChI=1S/C11H10FNO2.C10H9NO2/c1-7-9(6-14)11(13-15-7)8-4-2-3-5-10(8)12;12-6-9-7-13-11-10(9)8-4-2-1-3-5-8/h2-5,14H,6H2,1H3;1-5,7,12H,6H2. The third-order valence-corrected chi connectivity index (χ3v) is 4.13. The number of aromatic nitrogens is 2. The van der Waals surface area contributed by atoms with E-state index < -0.39 is 0 Å². The second-order valence-corrected chi connectivity index (χ2v) is 5.92. The maximum absolute atomic E-state index is 13.4. The number of hydrogen-bond donors (Lipinski definition) is 2. The molecule has 0 radical (unpaired) electrons. The summed E-state index contributed by atoms with van der Waals surface area (Å²) in [5.74, 6) is 0.135. The molecule has 0 bridgehead atoms. The first-order chi connectivity index (χ1) is 13.7. The minimum atomic E-state index is -0.375. The van der Waals surface area contributed by atoms with Gasteiger partial charge < -0.3 is 19.3 Å². The number of aryl methyl sites for hydroxylation is 1. The van der Waals surface area contributed by atoms with Crippen LogP contribution in [0.4, 0.5) is 4.39 Å². The molecule has 7 heteroatoms. The molecule has 4 rings (SSSR count). The van der Waals surface area contributed by atoms with Gasteiger partial charge in [0, 0.05) is 22.3 Å². The molecule has 0 atom stereocenters. The molecule has 2 N–H and O–H groups in total. The van der Waals surface area contributed by atoms with Gasteiger partial charge in [0.2, 0.25) is 0 Å². The Labute approximate surface area is 160 Å². The number of aliphatic hydroxyl groups excluding tert-OH is 2. The van der Waals surface area contributed by atoms with E-state index in [1.54, 1.807) is 25.1 Å². The van der Waals surface area contributed by atoms with Crippen molar-refractivity contribution in [2.75, 3.05) is 0 Å². The number of rotatable bonds is 4. The monoisotopic (exact) mass is 382 g/mol. The van der Waals surface area contributed by atoms with E-state index in [4.69, 9.17) is 19.3 Å². The van der Waals surface area contributed by atoms with Crippen LogP contribution in [-0.4, -0.2) is 20.5 Å². The van der Waals surface area contributed by atoms with Gasteiger partial charge in [-0.05, 0) is 19.1 Å². The summed E-state index contributed by atoms with van der Waals surface area (Å²) in [4.78, 5) is 0. The summed E-state index contributed by atoms with van der Waals surface area (Å²) in [7, 11) is 0. The van der Waals surface area contributed by atoms with Crippen molar-refractivity contribution in [3.05, 3.63) is 83.6 Å². The molecule has 0 aliphatic rings. The van der Waals surface area contributed by atoms with Crippen LogP contribution >= 0.6 is 0 Å². The maximum Gasteiger partial charge on any atom is 0.139 e. The van der Waals surface area contributed by atoms with E-state index in [0.29, 0.717) is 33.8 Å². The summed E-state index contributed by atoms with van der Waals surface area (Å²) in [5, 5.41) is 25.7. The van der Waals surface area contributed by atoms with Crippen molar-refractivity contribution in [2.24, 2.45) is 0 Å². The zero-order chi connectivity index (χ0) is 19.9. The average molecular weight is 382 g/mol. The second kappa shape index (κ2) is 9.07. The van der Waals surface area contributed by atoms with Gasteiger partial charge in [-0.25, -0.2) is 4.39 Å². The predicted octanol–water partition coefficient (Wildman–Crippen LogP) is 4.12. The highest BCUT2D eigenvalue weighted by Crippen LogP contribution is 2.27. The molecule has 0 unspecified atom stereocenters. The van der Waals surface area contributed by atoms with E-state index in [0.717, 1.165) is 5.56 Å². The van der Waals surface area contributed by atoms with Crippen LogP contribution in [0.5, 0.6) is 0 Å². The van der Waals surface area contributed by atoms with Gasteiger partial charge in [-0.15, -0.1) is 0 Å². The molecule has 144 valence electrons. The van der Waals surface area contributed by atoms with Crippen molar-refractivity contribution >= 4 is 0 Å². The molecule has 0 amide bonds. The Balaban J connectivity index is 0.000000162. The summed E-state index contributed by atoms with van der Waals surface area (Å²) >= 11 is 0. The van der Waals surface area contributed by atoms with Crippen LogP contribution in [0.3, 0.4) is 0 Å². The third kappa shape index (κ3) is 4.16. The Hall–Kier alpha value is -3.29. The largest absolute Gasteiger partial charge is 0.391 e. The first-order valence-corrected chi connectivity index (χ1v) is 8.56. The highest BCUT2D eigenvalue weighted by Gasteiger charge is 2.16. The van der Waals surface area contributed by atoms with Gasteiger partial charge in [0.1, 0.15) is 29.2 Å². The molecule has 2 aromatic heterocycles. The van der Waals surface area contributed by atoms with E-state index in [1.165, 1.54) is 12.3 Å². The summed E-state index contributed by atoms with van der Waals surface area (Å²) in [6, 6.07) is 15.9. The van der Waals surface area contributed by atoms with E-state index in [2.05, 4.69) is 10.3 Å². The van der Waals surface area contributed by atoms with Crippen LogP contribution in [0, 0.1) is 12.7 Å². The lowest BCUT2D eigenvalue weighted by molar-refractivity contribution is 0.278. The molecule has 2 heterocycles. The van der Waals surface area contributed by atoms with Crippen LogP contribution in [0.2, 0.25) is 0 Å². The molecular weight excluding hydrogens is 363 g/mol. The van der Waals surface area contributed by atoms with Crippen molar-refractivity contribution in [1.29, 1.82) is 0 Å². The molecular formula is C21H19FN2O4. The van der Waals surface area contributed by atoms with E-state index >= 15 is 0 Å². The minimum absolute atomic E-state index is 0.0479. The minimum Gasteiger partial charge on any atom is -0.391 e. The van der Waals surface area contributed by atoms with Crippen molar-refractivity contribution in [3.63, 3.8) is 0 Å². The zero-order valence-corrected chi connectivity index (χ0v) is 15.2. The molecule has 0 spiro atoms. The number of nitrogens with zero attached hydrogens (tertiary/aromatic N) is 2. The quantitative estimate of drug-likeness (QED) is 0.552. The fourth-order valence-electron chi connectivity index (χ4n) is 2.65. The third-order valence-electron chi connectivity index (χ3n) is 4.13. The maximum atomic E-state index is 13.4. The number of halogens is 1. The summed E-state index contributed by atoms with van der Waals surface area (Å²) in [6.45, 7) is 1.43. The van der Waals surface area contributed by atoms with Crippen LogP contribution in [0.1, 0.15) is 16.9 Å². The van der Waals surface area contributed by atoms with Gasteiger partial charge in [-0.1, -0.05) is 52.8 Å². The Bertz CT molecular complexity index is 1030. The molecule has 0 aliphatic heterocycles. The molecule has 0 aliphatic carbocycles. The fourth-order valence-corrected chi connectivity index (χ4v) is 2.65. The van der Waals surface area contributed by atoms with Crippen molar-refractivity contribution in [2.45, 2.75) is 20.1 Å². The van der Waals surface area contributed by atoms with Gasteiger partial charge in [0.25, 0.3) is 0 Å². The Morgan fingerprint density at radius 1 is 0.893 bits per heavy atom. The fraction of sp³-hybridized carbons (Fsp3) is 0.143. The molecule has 0 fully saturated rings. The number of benzene rings is 2. The van der Waals surface area contributed by atoms with Gasteiger partial charge >= 0.3 is 0 Å². The normalized spacial score (nSPS) is 10.4. The van der Waals surface area contributed by atoms with Gasteiger partial charge in [-0.3, -0.25) is 0 Å². The van der Waals surface area contributed by atoms with Crippen LogP contribution in [0.25, 0.3) is 22.5 Å². The smallest absolute Gasteiger partial charge is 0.139 e. The Morgan fingerprint density at radius 2 is 1.61 bits per heavy atom. The van der Waals surface area contributed by atoms with Gasteiger partial charge in [0.15, 0.2) is 0 Å². The van der Waals surface area contributed by atoms with E-state index in [9.17, 15) is 4.39 Å². The molecule has 2 aromatic carbocycles. The molecule has 0 saturated heterocycles. The van der Waals surface area contributed by atoms with Crippen molar-refractivity contribution in [1.82, 2.24) is 10.3 Å². The van der Waals surface area contributed by atoms with Gasteiger partial charge in [0.05, 0.1) is 13.2 Å². The first-order valence-electron chi connectivity index (χ1n) is 8.56. The van der Waals surface area contributed by atoms with E-state index in [-0.39, 0.29) is 19.0 Å². The SMILES string of the molecule is Cc1onc(-c2ccccc2F)c1CO.OCc1conc1-c1ccccc1. The Kier molecular flexibility index (Phi) is 6.31. The highest BCUT2D eigenvalue weighted by atomic mass is 19.1. The topological polar surface area (TPSA) is 92.5 Å². The van der Waals surface area contributed by atoms with Crippen LogP contribution in [0.15, 0.2) is 69.9 Å². The van der Waals surface area contributed by atoms with Crippen LogP contribution in [-0.2, 0) is 13.2 Å². The summed E-state index contributed by atoms with van der Waals surface area (Å²) in [6.07, 6.45) is 1.46. The average Bonchev–Trinajstić information content (AvgIpc) is 3.35. The predicted molar refractivity (Wildman–Crippen MR) is 100 cm³/mol. The lowest BCUT2D eigenvalue weighted by atomic mass is 10.1. The lowest BCUT2D eigenvalue weighted by Crippen LogP contribution is -1.90. The zero-order valence-electron chi connectivity index (χ0n) is 15.2.